The Kier molecular flexibility index (Phi) is 6.93. The van der Waals surface area contributed by atoms with Crippen LogP contribution in [0, 0.1) is 12.7 Å². The first-order valence-corrected chi connectivity index (χ1v) is 11.1. The number of hydrogen-bond donors (Lipinski definition) is 1. The Morgan fingerprint density at radius 1 is 1.12 bits per heavy atom. The second kappa shape index (κ2) is 10.0. The summed E-state index contributed by atoms with van der Waals surface area (Å²) < 4.78 is 13.1. The highest BCUT2D eigenvalue weighted by molar-refractivity contribution is 5.95. The van der Waals surface area contributed by atoms with Gasteiger partial charge in [0.15, 0.2) is 0 Å². The summed E-state index contributed by atoms with van der Waals surface area (Å²) in [4.78, 5) is 30.6. The molecular formula is C25H29FN6O. The molecule has 1 fully saturated rings. The van der Waals surface area contributed by atoms with E-state index in [0.29, 0.717) is 23.8 Å². The van der Waals surface area contributed by atoms with E-state index in [-0.39, 0.29) is 17.8 Å². The molecule has 0 saturated carbocycles. The van der Waals surface area contributed by atoms with Crippen LogP contribution < -0.4 is 10.2 Å². The predicted molar refractivity (Wildman–Crippen MR) is 125 cm³/mol. The number of benzene rings is 1. The van der Waals surface area contributed by atoms with Gasteiger partial charge in [-0.15, -0.1) is 0 Å². The van der Waals surface area contributed by atoms with Crippen molar-refractivity contribution < 1.29 is 9.18 Å². The Hall–Kier alpha value is -3.39. The minimum absolute atomic E-state index is 0.183. The molecule has 1 amide bonds. The van der Waals surface area contributed by atoms with Gasteiger partial charge in [-0.1, -0.05) is 12.1 Å². The highest BCUT2D eigenvalue weighted by atomic mass is 19.1. The maximum Gasteiger partial charge on any atom is 0.253 e. The van der Waals surface area contributed by atoms with Crippen molar-refractivity contribution in [1.29, 1.82) is 0 Å². The van der Waals surface area contributed by atoms with Crippen LogP contribution in [0.5, 0.6) is 0 Å². The lowest BCUT2D eigenvalue weighted by atomic mass is 10.1. The first-order valence-electron chi connectivity index (χ1n) is 11.1. The molecule has 7 nitrogen and oxygen atoms in total. The van der Waals surface area contributed by atoms with E-state index >= 15 is 0 Å². The van der Waals surface area contributed by atoms with Gasteiger partial charge in [0.25, 0.3) is 5.91 Å². The van der Waals surface area contributed by atoms with Gasteiger partial charge in [0.05, 0.1) is 23.0 Å². The lowest BCUT2D eigenvalue weighted by Gasteiger charge is -2.24. The molecule has 1 aliphatic heterocycles. The van der Waals surface area contributed by atoms with E-state index < -0.39 is 0 Å². The molecule has 1 aliphatic rings. The summed E-state index contributed by atoms with van der Waals surface area (Å²) in [7, 11) is 3.85. The van der Waals surface area contributed by atoms with Crippen molar-refractivity contribution in [1.82, 2.24) is 25.2 Å². The average molecular weight is 449 g/mol. The van der Waals surface area contributed by atoms with Crippen molar-refractivity contribution >= 4 is 11.9 Å². The maximum absolute atomic E-state index is 13.1. The van der Waals surface area contributed by atoms with Gasteiger partial charge in [-0.05, 0) is 56.1 Å². The molecule has 1 atom stereocenters. The maximum atomic E-state index is 13.1. The zero-order valence-corrected chi connectivity index (χ0v) is 19.3. The Morgan fingerprint density at radius 3 is 2.52 bits per heavy atom. The fourth-order valence-corrected chi connectivity index (χ4v) is 4.13. The number of amides is 1. The number of nitrogens with zero attached hydrogens (tertiary/aromatic N) is 5. The van der Waals surface area contributed by atoms with Gasteiger partial charge in [0.2, 0.25) is 5.95 Å². The summed E-state index contributed by atoms with van der Waals surface area (Å²) in [5.74, 6) is 0.222. The van der Waals surface area contributed by atoms with Gasteiger partial charge in [0, 0.05) is 45.1 Å². The van der Waals surface area contributed by atoms with E-state index in [2.05, 4.69) is 20.2 Å². The van der Waals surface area contributed by atoms with Crippen LogP contribution in [0.2, 0.25) is 0 Å². The number of carbonyl (C=O) groups excluding carboxylic acids is 1. The third kappa shape index (κ3) is 5.51. The van der Waals surface area contributed by atoms with E-state index in [1.165, 1.54) is 12.1 Å². The quantitative estimate of drug-likeness (QED) is 0.595. The Balaban J connectivity index is 1.41. The smallest absolute Gasteiger partial charge is 0.253 e. The van der Waals surface area contributed by atoms with Crippen molar-refractivity contribution in [2.45, 2.75) is 38.9 Å². The van der Waals surface area contributed by atoms with Crippen molar-refractivity contribution in [3.05, 3.63) is 82.7 Å². The van der Waals surface area contributed by atoms with Crippen molar-refractivity contribution in [2.24, 2.45) is 0 Å². The molecule has 33 heavy (non-hydrogen) atoms. The van der Waals surface area contributed by atoms with E-state index in [1.54, 1.807) is 12.1 Å². The molecule has 1 aromatic carbocycles. The average Bonchev–Trinajstić information content (AvgIpc) is 3.27. The number of anilines is 1. The Labute approximate surface area is 193 Å². The zero-order chi connectivity index (χ0) is 23.4. The first kappa shape index (κ1) is 22.8. The second-order valence-electron chi connectivity index (χ2n) is 8.59. The fraction of sp³-hybridized carbons (Fsp3) is 0.360. The highest BCUT2D eigenvalue weighted by Gasteiger charge is 2.28. The number of rotatable bonds is 7. The lowest BCUT2D eigenvalue weighted by molar-refractivity contribution is 0.0949. The van der Waals surface area contributed by atoms with Gasteiger partial charge in [-0.25, -0.2) is 14.4 Å². The van der Waals surface area contributed by atoms with E-state index in [0.717, 1.165) is 42.8 Å². The molecular weight excluding hydrogens is 419 g/mol. The van der Waals surface area contributed by atoms with Crippen LogP contribution in [0.3, 0.4) is 0 Å². The molecule has 0 bridgehead atoms. The van der Waals surface area contributed by atoms with Gasteiger partial charge in [-0.2, -0.15) is 0 Å². The Bertz CT molecular complexity index is 1100. The number of aromatic nitrogens is 3. The molecule has 172 valence electrons. The molecule has 3 aromatic rings. The minimum atomic E-state index is -0.292. The van der Waals surface area contributed by atoms with Gasteiger partial charge >= 0.3 is 0 Å². The molecule has 8 heteroatoms. The second-order valence-corrected chi connectivity index (χ2v) is 8.59. The SMILES string of the molecule is Cc1nc([C@@H]2CCCN2Cc2cnc(N(C)C)nc2)ccc1C(=O)NCc1ccc(F)cc1. The summed E-state index contributed by atoms with van der Waals surface area (Å²) in [6.07, 6.45) is 5.89. The minimum Gasteiger partial charge on any atom is -0.348 e. The van der Waals surface area contributed by atoms with Crippen molar-refractivity contribution in [3.63, 3.8) is 0 Å². The predicted octanol–water partition coefficient (Wildman–Crippen LogP) is 3.65. The van der Waals surface area contributed by atoms with Crippen LogP contribution in [0.1, 0.15) is 51.8 Å². The van der Waals surface area contributed by atoms with Crippen LogP contribution in [0.25, 0.3) is 0 Å². The third-order valence-corrected chi connectivity index (χ3v) is 5.90. The lowest BCUT2D eigenvalue weighted by Crippen LogP contribution is -2.26. The highest BCUT2D eigenvalue weighted by Crippen LogP contribution is 2.32. The topological polar surface area (TPSA) is 74.2 Å². The monoisotopic (exact) mass is 448 g/mol. The number of aryl methyl sites for hydroxylation is 1. The van der Waals surface area contributed by atoms with E-state index in [9.17, 15) is 9.18 Å². The molecule has 4 rings (SSSR count). The van der Waals surface area contributed by atoms with Gasteiger partial charge in [0.1, 0.15) is 5.82 Å². The van der Waals surface area contributed by atoms with Crippen LogP contribution in [-0.2, 0) is 13.1 Å². The van der Waals surface area contributed by atoms with Crippen LogP contribution in [0.15, 0.2) is 48.8 Å². The molecule has 3 heterocycles. The fourth-order valence-electron chi connectivity index (χ4n) is 4.13. The van der Waals surface area contributed by atoms with Gasteiger partial charge < -0.3 is 10.2 Å². The number of likely N-dealkylation sites (tertiary alicyclic amines) is 1. The molecule has 2 aromatic heterocycles. The number of pyridine rings is 1. The number of hydrogen-bond acceptors (Lipinski definition) is 6. The standard InChI is InChI=1S/C25H29FN6O/c1-17-21(24(33)27-13-18-6-8-20(26)9-7-18)10-11-22(30-17)23-5-4-12-32(23)16-19-14-28-25(29-15-19)31(2)3/h6-11,14-15,23H,4-5,12-13,16H2,1-3H3,(H,27,33)/t23-/m0/s1. The normalized spacial score (nSPS) is 16.1. The van der Waals surface area contributed by atoms with E-state index in [1.807, 2.05) is 50.4 Å². The van der Waals surface area contributed by atoms with Crippen LogP contribution in [-0.4, -0.2) is 46.4 Å². The van der Waals surface area contributed by atoms with Gasteiger partial charge in [-0.3, -0.25) is 14.7 Å². The number of halogens is 1. The summed E-state index contributed by atoms with van der Waals surface area (Å²) >= 11 is 0. The van der Waals surface area contributed by atoms with Crippen LogP contribution >= 0.6 is 0 Å². The number of nitrogens with one attached hydrogen (secondary N) is 1. The third-order valence-electron chi connectivity index (χ3n) is 5.90. The summed E-state index contributed by atoms with van der Waals surface area (Å²) in [6.45, 7) is 3.95. The van der Waals surface area contributed by atoms with Crippen molar-refractivity contribution in [2.75, 3.05) is 25.5 Å². The molecule has 0 unspecified atom stereocenters. The molecule has 1 N–H and O–H groups in total. The largest absolute Gasteiger partial charge is 0.348 e. The summed E-state index contributed by atoms with van der Waals surface area (Å²) in [5, 5.41) is 2.89. The molecule has 0 aliphatic carbocycles. The molecule has 0 radical (unpaired) electrons. The summed E-state index contributed by atoms with van der Waals surface area (Å²) in [5.41, 5.74) is 4.15. The number of carbonyl (C=O) groups is 1. The molecule has 0 spiro atoms. The first-order chi connectivity index (χ1) is 15.9. The molecule has 1 saturated heterocycles. The summed E-state index contributed by atoms with van der Waals surface area (Å²) in [6, 6.07) is 10.1. The van der Waals surface area contributed by atoms with Crippen molar-refractivity contribution in [3.8, 4) is 0 Å². The van der Waals surface area contributed by atoms with Crippen LogP contribution in [0.4, 0.5) is 10.3 Å². The van der Waals surface area contributed by atoms with E-state index in [4.69, 9.17) is 4.98 Å². The Morgan fingerprint density at radius 2 is 1.85 bits per heavy atom. The zero-order valence-electron chi connectivity index (χ0n) is 19.3.